The van der Waals surface area contributed by atoms with E-state index < -0.39 is 0 Å². The van der Waals surface area contributed by atoms with Crippen molar-refractivity contribution in [1.29, 1.82) is 0 Å². The second kappa shape index (κ2) is 8.16. The summed E-state index contributed by atoms with van der Waals surface area (Å²) in [5.74, 6) is -0.465. The number of pyridine rings is 1. The van der Waals surface area contributed by atoms with Crippen molar-refractivity contribution in [3.05, 3.63) is 66.2 Å². The van der Waals surface area contributed by atoms with Gasteiger partial charge in [-0.05, 0) is 43.3 Å². The SMILES string of the molecule is CCOC(=O)c1ccc(-c2[nH]nc3nc(-c4cccc(NC(C)=O)c4)ccc23)cc1. The van der Waals surface area contributed by atoms with Gasteiger partial charge in [0.25, 0.3) is 0 Å². The zero-order chi connectivity index (χ0) is 21.1. The summed E-state index contributed by atoms with van der Waals surface area (Å²) in [6.45, 7) is 3.59. The van der Waals surface area contributed by atoms with Crippen LogP contribution in [0, 0.1) is 0 Å². The van der Waals surface area contributed by atoms with E-state index in [1.54, 1.807) is 19.1 Å². The monoisotopic (exact) mass is 400 g/mol. The van der Waals surface area contributed by atoms with Crippen molar-refractivity contribution in [3.8, 4) is 22.5 Å². The lowest BCUT2D eigenvalue weighted by atomic mass is 10.1. The van der Waals surface area contributed by atoms with Gasteiger partial charge in [-0.25, -0.2) is 9.78 Å². The molecule has 0 fully saturated rings. The van der Waals surface area contributed by atoms with Crippen LogP contribution in [0.5, 0.6) is 0 Å². The third-order valence-corrected chi connectivity index (χ3v) is 4.58. The summed E-state index contributed by atoms with van der Waals surface area (Å²) >= 11 is 0. The van der Waals surface area contributed by atoms with Gasteiger partial charge in [0.1, 0.15) is 0 Å². The van der Waals surface area contributed by atoms with Crippen LogP contribution in [0.15, 0.2) is 60.7 Å². The number of amides is 1. The van der Waals surface area contributed by atoms with Crippen LogP contribution >= 0.6 is 0 Å². The van der Waals surface area contributed by atoms with E-state index >= 15 is 0 Å². The van der Waals surface area contributed by atoms with E-state index in [1.165, 1.54) is 6.92 Å². The van der Waals surface area contributed by atoms with E-state index in [1.807, 2.05) is 48.5 Å². The second-order valence-electron chi connectivity index (χ2n) is 6.73. The summed E-state index contributed by atoms with van der Waals surface area (Å²) in [7, 11) is 0. The zero-order valence-electron chi connectivity index (χ0n) is 16.6. The maximum atomic E-state index is 11.8. The van der Waals surface area contributed by atoms with Crippen LogP contribution in [0.4, 0.5) is 5.69 Å². The minimum absolute atomic E-state index is 0.124. The minimum atomic E-state index is -0.341. The molecule has 150 valence electrons. The molecule has 1 amide bonds. The fraction of sp³-hybridized carbons (Fsp3) is 0.130. The molecule has 0 aliphatic carbocycles. The molecule has 4 aromatic rings. The third-order valence-electron chi connectivity index (χ3n) is 4.58. The highest BCUT2D eigenvalue weighted by molar-refractivity contribution is 5.94. The van der Waals surface area contributed by atoms with Gasteiger partial charge in [0.2, 0.25) is 5.91 Å². The highest BCUT2D eigenvalue weighted by Gasteiger charge is 2.12. The lowest BCUT2D eigenvalue weighted by Gasteiger charge is -2.06. The molecular formula is C23H20N4O3. The Morgan fingerprint density at radius 3 is 2.57 bits per heavy atom. The molecule has 7 heteroatoms. The number of benzene rings is 2. The number of rotatable bonds is 5. The molecule has 0 atom stereocenters. The van der Waals surface area contributed by atoms with E-state index in [9.17, 15) is 9.59 Å². The van der Waals surface area contributed by atoms with Crippen molar-refractivity contribution in [3.63, 3.8) is 0 Å². The quantitative estimate of drug-likeness (QED) is 0.483. The highest BCUT2D eigenvalue weighted by atomic mass is 16.5. The summed E-state index contributed by atoms with van der Waals surface area (Å²) < 4.78 is 5.02. The molecule has 0 aliphatic heterocycles. The number of aromatic amines is 1. The van der Waals surface area contributed by atoms with Crippen LogP contribution in [-0.4, -0.2) is 33.7 Å². The van der Waals surface area contributed by atoms with Gasteiger partial charge in [0, 0.05) is 29.1 Å². The lowest BCUT2D eigenvalue weighted by Crippen LogP contribution is -2.05. The summed E-state index contributed by atoms with van der Waals surface area (Å²) in [6.07, 6.45) is 0. The van der Waals surface area contributed by atoms with Crippen molar-refractivity contribution in [2.24, 2.45) is 0 Å². The molecule has 2 aromatic carbocycles. The molecule has 0 saturated heterocycles. The summed E-state index contributed by atoms with van der Waals surface area (Å²) in [5, 5.41) is 11.0. The van der Waals surface area contributed by atoms with Crippen molar-refractivity contribution < 1.29 is 14.3 Å². The van der Waals surface area contributed by atoms with E-state index in [4.69, 9.17) is 4.74 Å². The molecule has 0 unspecified atom stereocenters. The van der Waals surface area contributed by atoms with Gasteiger partial charge in [0.15, 0.2) is 5.65 Å². The Labute approximate surface area is 173 Å². The van der Waals surface area contributed by atoms with Crippen LogP contribution in [0.3, 0.4) is 0 Å². The van der Waals surface area contributed by atoms with Gasteiger partial charge in [-0.2, -0.15) is 5.10 Å². The molecule has 2 heterocycles. The maximum absolute atomic E-state index is 11.8. The van der Waals surface area contributed by atoms with Gasteiger partial charge in [-0.1, -0.05) is 24.3 Å². The number of carbonyl (C=O) groups excluding carboxylic acids is 2. The van der Waals surface area contributed by atoms with Gasteiger partial charge in [-0.3, -0.25) is 9.89 Å². The number of anilines is 1. The van der Waals surface area contributed by atoms with Crippen LogP contribution in [0.25, 0.3) is 33.5 Å². The van der Waals surface area contributed by atoms with Crippen LogP contribution in [0.2, 0.25) is 0 Å². The predicted molar refractivity (Wildman–Crippen MR) is 115 cm³/mol. The molecule has 0 saturated carbocycles. The van der Waals surface area contributed by atoms with Gasteiger partial charge < -0.3 is 10.1 Å². The molecule has 4 rings (SSSR count). The van der Waals surface area contributed by atoms with E-state index in [-0.39, 0.29) is 11.9 Å². The van der Waals surface area contributed by atoms with Gasteiger partial charge in [0.05, 0.1) is 23.6 Å². The van der Waals surface area contributed by atoms with Gasteiger partial charge >= 0.3 is 5.97 Å². The Bertz CT molecular complexity index is 1230. The molecule has 0 bridgehead atoms. The molecule has 2 N–H and O–H groups in total. The summed E-state index contributed by atoms with van der Waals surface area (Å²) in [5.41, 5.74) is 5.16. The van der Waals surface area contributed by atoms with Crippen LogP contribution in [-0.2, 0) is 9.53 Å². The number of esters is 1. The number of ether oxygens (including phenoxy) is 1. The van der Waals surface area contributed by atoms with Crippen molar-refractivity contribution in [2.45, 2.75) is 13.8 Å². The van der Waals surface area contributed by atoms with E-state index in [0.29, 0.717) is 23.5 Å². The third kappa shape index (κ3) is 3.91. The van der Waals surface area contributed by atoms with Crippen molar-refractivity contribution in [1.82, 2.24) is 15.2 Å². The first-order valence-electron chi connectivity index (χ1n) is 9.56. The Balaban J connectivity index is 1.64. The molecule has 0 aliphatic rings. The number of H-pyrrole nitrogens is 1. The largest absolute Gasteiger partial charge is 0.462 e. The molecule has 0 spiro atoms. The Morgan fingerprint density at radius 1 is 1.03 bits per heavy atom. The number of nitrogens with one attached hydrogen (secondary N) is 2. The second-order valence-corrected chi connectivity index (χ2v) is 6.73. The molecule has 2 aromatic heterocycles. The van der Waals surface area contributed by atoms with E-state index in [2.05, 4.69) is 20.5 Å². The average Bonchev–Trinajstić information content (AvgIpc) is 3.17. The first-order valence-corrected chi connectivity index (χ1v) is 9.56. The van der Waals surface area contributed by atoms with Crippen molar-refractivity contribution in [2.75, 3.05) is 11.9 Å². The summed E-state index contributed by atoms with van der Waals surface area (Å²) in [4.78, 5) is 27.8. The first-order chi connectivity index (χ1) is 14.5. The molecule has 7 nitrogen and oxygen atoms in total. The Morgan fingerprint density at radius 2 is 1.83 bits per heavy atom. The summed E-state index contributed by atoms with van der Waals surface area (Å²) in [6, 6.07) is 18.5. The number of nitrogens with zero attached hydrogens (tertiary/aromatic N) is 2. The Hall–Kier alpha value is -4.00. The van der Waals surface area contributed by atoms with Crippen LogP contribution < -0.4 is 5.32 Å². The minimum Gasteiger partial charge on any atom is -0.462 e. The predicted octanol–water partition coefficient (Wildman–Crippen LogP) is 4.43. The highest BCUT2D eigenvalue weighted by Crippen LogP contribution is 2.29. The fourth-order valence-corrected chi connectivity index (χ4v) is 3.23. The van der Waals surface area contributed by atoms with Crippen molar-refractivity contribution >= 4 is 28.6 Å². The van der Waals surface area contributed by atoms with Gasteiger partial charge in [-0.15, -0.1) is 0 Å². The first kappa shape index (κ1) is 19.3. The number of carbonyl (C=O) groups is 2. The number of fused-ring (bicyclic) bond motifs is 1. The Kier molecular flexibility index (Phi) is 5.26. The topological polar surface area (TPSA) is 97.0 Å². The number of hydrogen-bond acceptors (Lipinski definition) is 5. The molecule has 0 radical (unpaired) electrons. The zero-order valence-corrected chi connectivity index (χ0v) is 16.6. The standard InChI is InChI=1S/C23H20N4O3/c1-3-30-23(29)16-9-7-15(8-10-16)21-19-11-12-20(25-22(19)27-26-21)17-5-4-6-18(13-17)24-14(2)28/h4-13H,3H2,1-2H3,(H,24,28)(H,25,26,27). The lowest BCUT2D eigenvalue weighted by molar-refractivity contribution is -0.114. The number of hydrogen-bond donors (Lipinski definition) is 2. The maximum Gasteiger partial charge on any atom is 0.338 e. The fourth-order valence-electron chi connectivity index (χ4n) is 3.23. The number of aromatic nitrogens is 3. The molecule has 30 heavy (non-hydrogen) atoms. The van der Waals surface area contributed by atoms with Crippen LogP contribution in [0.1, 0.15) is 24.2 Å². The molecular weight excluding hydrogens is 380 g/mol. The average molecular weight is 400 g/mol. The smallest absolute Gasteiger partial charge is 0.338 e. The van der Waals surface area contributed by atoms with E-state index in [0.717, 1.165) is 27.9 Å². The normalized spacial score (nSPS) is 10.7.